The van der Waals surface area contributed by atoms with Crippen molar-refractivity contribution >= 4 is 39.6 Å². The van der Waals surface area contributed by atoms with E-state index in [-0.39, 0.29) is 0 Å². The van der Waals surface area contributed by atoms with E-state index >= 15 is 0 Å². The van der Waals surface area contributed by atoms with Crippen LogP contribution < -0.4 is 0 Å². The summed E-state index contributed by atoms with van der Waals surface area (Å²) in [6.07, 6.45) is 3.87. The molecule has 0 aromatic heterocycles. The average Bonchev–Trinajstić information content (AvgIpc) is 2.85. The van der Waals surface area contributed by atoms with E-state index in [2.05, 4.69) is 18.2 Å². The van der Waals surface area contributed by atoms with E-state index < -0.39 is 23.8 Å². The Kier molecular flexibility index (Phi) is 6.31. The molecule has 0 fully saturated rings. The molecule has 1 atom stereocenters. The number of rotatable bonds is 6. The summed E-state index contributed by atoms with van der Waals surface area (Å²) in [6, 6.07) is 28.0. The zero-order valence-electron chi connectivity index (χ0n) is 18.0. The largest absolute Gasteiger partial charge is 0.468 e. The minimum Gasteiger partial charge on any atom is -0.468 e. The van der Waals surface area contributed by atoms with Crippen LogP contribution in [-0.2, 0) is 19.1 Å². The number of ether oxygens (including phenoxy) is 2. The number of benzene rings is 4. The molecule has 4 nitrogen and oxygen atoms in total. The van der Waals surface area contributed by atoms with Gasteiger partial charge in [0.15, 0.2) is 5.92 Å². The molecule has 0 aliphatic carbocycles. The van der Waals surface area contributed by atoms with Crippen molar-refractivity contribution < 1.29 is 19.1 Å². The molecule has 4 heteroatoms. The van der Waals surface area contributed by atoms with E-state index in [1.54, 1.807) is 0 Å². The second kappa shape index (κ2) is 9.48. The molecule has 0 heterocycles. The van der Waals surface area contributed by atoms with Crippen LogP contribution in [0.4, 0.5) is 0 Å². The van der Waals surface area contributed by atoms with Crippen molar-refractivity contribution in [2.75, 3.05) is 14.2 Å². The number of allylic oxidation sites excluding steroid dienone is 1. The van der Waals surface area contributed by atoms with Gasteiger partial charge in [0, 0.05) is 5.92 Å². The molecule has 4 aromatic carbocycles. The molecule has 0 spiro atoms. The number of fused-ring (bicyclic) bond motifs is 2. The first kappa shape index (κ1) is 21.3. The third kappa shape index (κ3) is 4.12. The van der Waals surface area contributed by atoms with Gasteiger partial charge in [-0.2, -0.15) is 0 Å². The monoisotopic (exact) mass is 424 g/mol. The van der Waals surface area contributed by atoms with Gasteiger partial charge in [-0.3, -0.25) is 9.59 Å². The van der Waals surface area contributed by atoms with Crippen molar-refractivity contribution in [3.05, 3.63) is 102 Å². The van der Waals surface area contributed by atoms with E-state index in [1.807, 2.05) is 78.9 Å². The van der Waals surface area contributed by atoms with Gasteiger partial charge in [-0.05, 0) is 32.7 Å². The van der Waals surface area contributed by atoms with Crippen molar-refractivity contribution in [2.45, 2.75) is 5.92 Å². The van der Waals surface area contributed by atoms with Gasteiger partial charge in [-0.25, -0.2) is 0 Å². The molecule has 0 radical (unpaired) electrons. The lowest BCUT2D eigenvalue weighted by atomic mass is 9.82. The topological polar surface area (TPSA) is 52.6 Å². The standard InChI is InChI=1S/C28H24O4/c1-31-27(29)26(28(30)32-2)25(24-16-8-13-20-10-4-6-15-23(20)24)18-17-21-12-7-11-19-9-3-5-14-22(19)21/h3-18,25-26H,1-2H3/b18-17+/t25-/m1/s1. The lowest BCUT2D eigenvalue weighted by Gasteiger charge is -2.22. The van der Waals surface area contributed by atoms with Crippen molar-refractivity contribution in [1.29, 1.82) is 0 Å². The van der Waals surface area contributed by atoms with Crippen LogP contribution in [-0.4, -0.2) is 26.2 Å². The predicted octanol–water partition coefficient (Wildman–Crippen LogP) is 5.75. The maximum absolute atomic E-state index is 12.7. The molecule has 32 heavy (non-hydrogen) atoms. The van der Waals surface area contributed by atoms with Crippen molar-refractivity contribution in [1.82, 2.24) is 0 Å². The summed E-state index contributed by atoms with van der Waals surface area (Å²) in [5, 5.41) is 4.21. The van der Waals surface area contributed by atoms with Crippen LogP contribution in [0.25, 0.3) is 27.6 Å². The molecular weight excluding hydrogens is 400 g/mol. The number of carbonyl (C=O) groups is 2. The summed E-state index contributed by atoms with van der Waals surface area (Å²) in [4.78, 5) is 25.5. The van der Waals surface area contributed by atoms with Gasteiger partial charge in [0.05, 0.1) is 14.2 Å². The van der Waals surface area contributed by atoms with Crippen LogP contribution in [0.3, 0.4) is 0 Å². The van der Waals surface area contributed by atoms with Gasteiger partial charge in [-0.15, -0.1) is 0 Å². The molecule has 0 aliphatic rings. The molecular formula is C28H24O4. The van der Waals surface area contributed by atoms with E-state index in [9.17, 15) is 9.59 Å². The Morgan fingerprint density at radius 1 is 0.688 bits per heavy atom. The van der Waals surface area contributed by atoms with Gasteiger partial charge >= 0.3 is 11.9 Å². The fraction of sp³-hybridized carbons (Fsp3) is 0.143. The Labute approximate surface area is 187 Å². The van der Waals surface area contributed by atoms with Crippen LogP contribution in [0, 0.1) is 5.92 Å². The number of hydrogen-bond donors (Lipinski definition) is 0. The first-order valence-corrected chi connectivity index (χ1v) is 10.4. The average molecular weight is 424 g/mol. The van der Waals surface area contributed by atoms with Crippen LogP contribution in [0.1, 0.15) is 17.0 Å². The summed E-state index contributed by atoms with van der Waals surface area (Å²) >= 11 is 0. The van der Waals surface area contributed by atoms with Gasteiger partial charge in [0.2, 0.25) is 0 Å². The lowest BCUT2D eigenvalue weighted by molar-refractivity contribution is -0.159. The number of carbonyl (C=O) groups excluding carboxylic acids is 2. The van der Waals surface area contributed by atoms with E-state index in [4.69, 9.17) is 9.47 Å². The fourth-order valence-electron chi connectivity index (χ4n) is 4.18. The highest BCUT2D eigenvalue weighted by Crippen LogP contribution is 2.34. The van der Waals surface area contributed by atoms with E-state index in [0.29, 0.717) is 0 Å². The van der Waals surface area contributed by atoms with Crippen LogP contribution in [0.15, 0.2) is 91.0 Å². The van der Waals surface area contributed by atoms with Crippen molar-refractivity contribution in [3.8, 4) is 0 Å². The molecule has 160 valence electrons. The molecule has 0 amide bonds. The summed E-state index contributed by atoms with van der Waals surface area (Å²) in [7, 11) is 2.57. The Bertz CT molecular complexity index is 1280. The first-order chi connectivity index (χ1) is 15.6. The van der Waals surface area contributed by atoms with Crippen LogP contribution in [0.2, 0.25) is 0 Å². The third-order valence-corrected chi connectivity index (χ3v) is 5.76. The van der Waals surface area contributed by atoms with Gasteiger partial charge in [0.25, 0.3) is 0 Å². The Morgan fingerprint density at radius 2 is 1.22 bits per heavy atom. The van der Waals surface area contributed by atoms with Crippen molar-refractivity contribution in [2.24, 2.45) is 5.92 Å². The van der Waals surface area contributed by atoms with Gasteiger partial charge in [0.1, 0.15) is 0 Å². The first-order valence-electron chi connectivity index (χ1n) is 10.4. The minimum atomic E-state index is -1.12. The summed E-state index contributed by atoms with van der Waals surface area (Å²) in [6.45, 7) is 0. The van der Waals surface area contributed by atoms with E-state index in [1.165, 1.54) is 14.2 Å². The second-order valence-corrected chi connectivity index (χ2v) is 7.55. The van der Waals surface area contributed by atoms with Gasteiger partial charge in [-0.1, -0.05) is 97.1 Å². The number of esters is 2. The number of methoxy groups -OCH3 is 2. The molecule has 0 saturated carbocycles. The van der Waals surface area contributed by atoms with Crippen molar-refractivity contribution in [3.63, 3.8) is 0 Å². The van der Waals surface area contributed by atoms with E-state index in [0.717, 1.165) is 32.7 Å². The zero-order chi connectivity index (χ0) is 22.5. The summed E-state index contributed by atoms with van der Waals surface area (Å²) in [5.41, 5.74) is 1.86. The predicted molar refractivity (Wildman–Crippen MR) is 127 cm³/mol. The lowest BCUT2D eigenvalue weighted by Crippen LogP contribution is -2.31. The zero-order valence-corrected chi connectivity index (χ0v) is 18.0. The smallest absolute Gasteiger partial charge is 0.321 e. The Hall–Kier alpha value is -3.92. The fourth-order valence-corrected chi connectivity index (χ4v) is 4.18. The summed E-state index contributed by atoms with van der Waals surface area (Å²) < 4.78 is 10.00. The minimum absolute atomic E-state index is 0.569. The highest BCUT2D eigenvalue weighted by molar-refractivity contribution is 5.98. The molecule has 0 bridgehead atoms. The normalized spacial score (nSPS) is 12.3. The highest BCUT2D eigenvalue weighted by atomic mass is 16.5. The molecule has 0 saturated heterocycles. The maximum Gasteiger partial charge on any atom is 0.321 e. The number of hydrogen-bond acceptors (Lipinski definition) is 4. The SMILES string of the molecule is COC(=O)C(C(=O)OC)[C@H](/C=C/c1cccc2ccccc12)c1cccc2ccccc12. The Morgan fingerprint density at radius 3 is 1.88 bits per heavy atom. The molecule has 4 aromatic rings. The molecule has 4 rings (SSSR count). The highest BCUT2D eigenvalue weighted by Gasteiger charge is 2.37. The van der Waals surface area contributed by atoms with Gasteiger partial charge < -0.3 is 9.47 Å². The molecule has 0 N–H and O–H groups in total. The summed E-state index contributed by atoms with van der Waals surface area (Å²) in [5.74, 6) is -2.95. The Balaban J connectivity index is 1.90. The molecule has 0 aliphatic heterocycles. The maximum atomic E-state index is 12.7. The quantitative estimate of drug-likeness (QED) is 0.292. The van der Waals surface area contributed by atoms with Crippen LogP contribution >= 0.6 is 0 Å². The second-order valence-electron chi connectivity index (χ2n) is 7.55. The van der Waals surface area contributed by atoms with Crippen LogP contribution in [0.5, 0.6) is 0 Å². The third-order valence-electron chi connectivity index (χ3n) is 5.76. The molecule has 0 unspecified atom stereocenters.